The fourth-order valence-electron chi connectivity index (χ4n) is 8.09. The Balaban J connectivity index is 1.07. The van der Waals surface area contributed by atoms with Gasteiger partial charge < -0.3 is 24.7 Å². The van der Waals surface area contributed by atoms with Gasteiger partial charge in [-0.2, -0.15) is 18.2 Å². The molecule has 9 rings (SSSR count). The van der Waals surface area contributed by atoms with Gasteiger partial charge in [-0.25, -0.2) is 18.4 Å². The third-order valence-corrected chi connectivity index (χ3v) is 14.3. The number of thioether (sulfide) groups is 1. The summed E-state index contributed by atoms with van der Waals surface area (Å²) >= 11 is 1.17. The van der Waals surface area contributed by atoms with Gasteiger partial charge in [-0.15, -0.1) is 0 Å². The molecule has 320 valence electrons. The van der Waals surface area contributed by atoms with E-state index in [2.05, 4.69) is 30.3 Å². The van der Waals surface area contributed by atoms with Crippen LogP contribution in [0.15, 0.2) is 70.1 Å². The van der Waals surface area contributed by atoms with Gasteiger partial charge in [0, 0.05) is 23.3 Å². The molecule has 3 N–H and O–H groups in total. The summed E-state index contributed by atoms with van der Waals surface area (Å²) in [5.74, 6) is -2.72. The first-order valence-electron chi connectivity index (χ1n) is 20.1. The lowest BCUT2D eigenvalue weighted by molar-refractivity contribution is -0.140. The maximum Gasteiger partial charge on any atom is 0.416 e. The number of carbonyl (C=O) groups is 4. The average molecular weight is 880 g/mol. The first-order chi connectivity index (χ1) is 29.2. The number of nitrogens with one attached hydrogen (secondary N) is 3. The Morgan fingerprint density at radius 2 is 1.82 bits per heavy atom. The van der Waals surface area contributed by atoms with Crippen molar-refractivity contribution in [2.24, 2.45) is 10.9 Å². The first-order valence-corrected chi connectivity index (χ1v) is 22.6. The predicted molar refractivity (Wildman–Crippen MR) is 217 cm³/mol. The van der Waals surface area contributed by atoms with E-state index in [4.69, 9.17) is 9.15 Å². The third-order valence-electron chi connectivity index (χ3n) is 11.6. The Labute approximate surface area is 351 Å². The van der Waals surface area contributed by atoms with Crippen molar-refractivity contribution in [3.63, 3.8) is 0 Å². The van der Waals surface area contributed by atoms with Gasteiger partial charge in [-0.3, -0.25) is 23.9 Å². The molecule has 5 aliphatic rings. The molecular weight excluding hydrogens is 840 g/mol. The highest BCUT2D eigenvalue weighted by atomic mass is 32.2. The SMILES string of the molecule is O=C1CSC(=N[C@H]2CCCCC/C=C\[C@@H]3C[C@@]3(C(=O)NS(=O)(=O)C3CC3)NC(=O)[C@@H]3C[C@@H](Oc4nc(-c5ccc(C(F)(F)F)cc5)nc5c4oc4ccccc45)CN3C2=O)N1. The predicted octanol–water partition coefficient (Wildman–Crippen LogP) is 5.00. The van der Waals surface area contributed by atoms with Crippen LogP contribution >= 0.6 is 11.8 Å². The van der Waals surface area contributed by atoms with Crippen LogP contribution in [0, 0.1) is 5.92 Å². The normalized spacial score (nSPS) is 27.5. The molecule has 4 fully saturated rings. The van der Waals surface area contributed by atoms with E-state index in [1.807, 2.05) is 12.2 Å². The summed E-state index contributed by atoms with van der Waals surface area (Å²) in [6.45, 7) is -0.155. The van der Waals surface area contributed by atoms with E-state index in [0.29, 0.717) is 48.6 Å². The number of hydrogen-bond acceptors (Lipinski definition) is 12. The van der Waals surface area contributed by atoms with E-state index >= 15 is 0 Å². The smallest absolute Gasteiger partial charge is 0.416 e. The number of alkyl halides is 3. The summed E-state index contributed by atoms with van der Waals surface area (Å²) < 4.78 is 81.1. The van der Waals surface area contributed by atoms with Crippen molar-refractivity contribution in [3.8, 4) is 17.3 Å². The number of para-hydroxylation sites is 1. The molecule has 5 atom stereocenters. The summed E-state index contributed by atoms with van der Waals surface area (Å²) in [6.07, 6.45) is 2.24. The molecule has 2 aliphatic carbocycles. The van der Waals surface area contributed by atoms with Gasteiger partial charge in [0.25, 0.3) is 11.8 Å². The maximum atomic E-state index is 14.7. The zero-order valence-corrected chi connectivity index (χ0v) is 34.1. The lowest BCUT2D eigenvalue weighted by atomic mass is 10.1. The molecule has 0 unspecified atom stereocenters. The summed E-state index contributed by atoms with van der Waals surface area (Å²) in [4.78, 5) is 70.4. The van der Waals surface area contributed by atoms with Crippen LogP contribution in [0.3, 0.4) is 0 Å². The van der Waals surface area contributed by atoms with E-state index in [1.165, 1.54) is 28.8 Å². The zero-order valence-electron chi connectivity index (χ0n) is 32.4. The van der Waals surface area contributed by atoms with Gasteiger partial charge in [0.15, 0.2) is 11.0 Å². The molecule has 2 aromatic carbocycles. The largest absolute Gasteiger partial charge is 0.470 e. The molecule has 4 amide bonds. The maximum absolute atomic E-state index is 14.7. The average Bonchev–Trinajstić information content (AvgIpc) is 4.07. The monoisotopic (exact) mass is 879 g/mol. The van der Waals surface area contributed by atoms with Crippen molar-refractivity contribution in [2.75, 3.05) is 12.3 Å². The number of halogens is 3. The number of furan rings is 1. The van der Waals surface area contributed by atoms with Crippen molar-refractivity contribution < 1.29 is 49.9 Å². The number of carbonyl (C=O) groups excluding carboxylic acids is 4. The minimum Gasteiger partial charge on any atom is -0.470 e. The lowest BCUT2D eigenvalue weighted by Gasteiger charge is -2.28. The summed E-state index contributed by atoms with van der Waals surface area (Å²) in [6, 6.07) is 9.13. The van der Waals surface area contributed by atoms with Crippen LogP contribution in [0.25, 0.3) is 33.5 Å². The molecule has 0 radical (unpaired) electrons. The highest BCUT2D eigenvalue weighted by Crippen LogP contribution is 2.46. The first kappa shape index (κ1) is 40.9. The Bertz CT molecular complexity index is 2610. The molecule has 0 bridgehead atoms. The molecule has 5 heterocycles. The molecule has 4 aromatic rings. The molecule has 15 nitrogen and oxygen atoms in total. The van der Waals surface area contributed by atoms with Crippen molar-refractivity contribution in [3.05, 3.63) is 66.2 Å². The summed E-state index contributed by atoms with van der Waals surface area (Å²) in [5.41, 5.74) is -1.28. The fraction of sp³-hybridized carbons (Fsp3) is 0.439. The van der Waals surface area contributed by atoms with Crippen LogP contribution in [0.2, 0.25) is 0 Å². The summed E-state index contributed by atoms with van der Waals surface area (Å²) in [7, 11) is -3.96. The van der Waals surface area contributed by atoms with Crippen molar-refractivity contribution >= 4 is 72.7 Å². The Morgan fingerprint density at radius 3 is 2.56 bits per heavy atom. The van der Waals surface area contributed by atoms with Gasteiger partial charge in [-0.1, -0.05) is 61.0 Å². The van der Waals surface area contributed by atoms with Crippen LogP contribution in [0.5, 0.6) is 5.88 Å². The number of nitrogens with zero attached hydrogens (tertiary/aromatic N) is 4. The van der Waals surface area contributed by atoms with E-state index in [0.717, 1.165) is 25.0 Å². The van der Waals surface area contributed by atoms with Crippen LogP contribution in [0.4, 0.5) is 13.2 Å². The number of aromatic nitrogens is 2. The minimum absolute atomic E-state index is 0.0402. The number of sulfonamides is 1. The fourth-order valence-corrected chi connectivity index (χ4v) is 10.2. The molecule has 2 saturated carbocycles. The molecule has 61 heavy (non-hydrogen) atoms. The highest BCUT2D eigenvalue weighted by Gasteiger charge is 2.62. The van der Waals surface area contributed by atoms with Crippen molar-refractivity contribution in [1.29, 1.82) is 0 Å². The quantitative estimate of drug-likeness (QED) is 0.211. The van der Waals surface area contributed by atoms with Crippen LogP contribution in [-0.4, -0.2) is 93.4 Å². The summed E-state index contributed by atoms with van der Waals surface area (Å²) in [5, 5.41) is 5.72. The number of benzene rings is 2. The topological polar surface area (TPSA) is 202 Å². The highest BCUT2D eigenvalue weighted by molar-refractivity contribution is 8.15. The van der Waals surface area contributed by atoms with Crippen LogP contribution in [-0.2, 0) is 35.4 Å². The Kier molecular flexibility index (Phi) is 10.6. The van der Waals surface area contributed by atoms with Gasteiger partial charge in [-0.05, 0) is 62.8 Å². The van der Waals surface area contributed by atoms with Gasteiger partial charge >= 0.3 is 6.18 Å². The van der Waals surface area contributed by atoms with E-state index < -0.39 is 74.4 Å². The number of rotatable bonds is 7. The van der Waals surface area contributed by atoms with Gasteiger partial charge in [0.1, 0.15) is 34.8 Å². The second-order valence-electron chi connectivity index (χ2n) is 16.0. The van der Waals surface area contributed by atoms with Gasteiger partial charge in [0.05, 0.1) is 23.1 Å². The molecule has 0 spiro atoms. The number of ether oxygens (including phenoxy) is 1. The number of amides is 4. The molecule has 2 saturated heterocycles. The molecular formula is C41H40F3N7O8S2. The Hall–Kier alpha value is -5.50. The zero-order chi connectivity index (χ0) is 42.7. The number of amidine groups is 1. The molecule has 3 aliphatic heterocycles. The van der Waals surface area contributed by atoms with Crippen LogP contribution in [0.1, 0.15) is 63.4 Å². The number of fused-ring (bicyclic) bond motifs is 5. The number of allylic oxidation sites excluding steroid dienone is 1. The standard InChI is InChI=1S/C41H40F3N7O8S2/c42-41(43,44)23-14-12-22(13-15-23)34-47-32-27-9-6-7-11-30(27)59-33(32)36(48-34)58-25-18-29-35(53)49-40(38(55)50-61(56,57)26-16-17-26)19-24(40)8-4-2-1-3-5-10-28(37(54)51(29)20-25)45-39-46-31(52)21-60-39/h4,6-9,11-15,24-26,28-29H,1-3,5,10,16-21H2,(H,49,53)(H,50,55)(H,45,46,52)/b8-4-/t24-,25-,28+,29+,40-/m1/s1. The minimum atomic E-state index is -4.56. The third kappa shape index (κ3) is 8.30. The molecule has 20 heteroatoms. The molecule has 2 aromatic heterocycles. The van der Waals surface area contributed by atoms with E-state index in [9.17, 15) is 40.8 Å². The van der Waals surface area contributed by atoms with Gasteiger partial charge in [0.2, 0.25) is 33.3 Å². The van der Waals surface area contributed by atoms with E-state index in [-0.39, 0.29) is 59.1 Å². The Morgan fingerprint density at radius 1 is 1.03 bits per heavy atom. The van der Waals surface area contributed by atoms with E-state index in [1.54, 1.807) is 24.3 Å². The lowest BCUT2D eigenvalue weighted by Crippen LogP contribution is -2.57. The number of hydrogen-bond donors (Lipinski definition) is 3. The van der Waals surface area contributed by atoms with Crippen molar-refractivity contribution in [2.45, 2.75) is 92.9 Å². The van der Waals surface area contributed by atoms with Crippen LogP contribution < -0.4 is 20.1 Å². The second-order valence-corrected chi connectivity index (χ2v) is 18.9. The van der Waals surface area contributed by atoms with Crippen molar-refractivity contribution in [1.82, 2.24) is 30.2 Å². The second kappa shape index (κ2) is 15.8. The number of aliphatic imine (C=N–C) groups is 1.